The van der Waals surface area contributed by atoms with Gasteiger partial charge < -0.3 is 4.98 Å². The number of para-hydroxylation sites is 2. The highest BCUT2D eigenvalue weighted by atomic mass is 32.2. The van der Waals surface area contributed by atoms with Gasteiger partial charge in [-0.2, -0.15) is 0 Å². The number of unbranched alkanes of at least 4 members (excludes halogenated alkanes) is 1. The first-order chi connectivity index (χ1) is 17.1. The maximum atomic E-state index is 12.4. The van der Waals surface area contributed by atoms with E-state index >= 15 is 0 Å². The third-order valence-corrected chi connectivity index (χ3v) is 7.85. The maximum Gasteiger partial charge on any atom is 0.258 e. The Bertz CT molecular complexity index is 1340. The van der Waals surface area contributed by atoms with E-state index in [4.69, 9.17) is 9.97 Å². The van der Waals surface area contributed by atoms with Crippen LogP contribution in [0.25, 0.3) is 11.0 Å². The number of pyridine rings is 2. The number of fused-ring (bicyclic) bond motifs is 2. The van der Waals surface area contributed by atoms with E-state index in [2.05, 4.69) is 25.7 Å². The van der Waals surface area contributed by atoms with Crippen molar-refractivity contribution in [2.75, 3.05) is 13.1 Å². The molecular weight excluding hydrogens is 460 g/mol. The van der Waals surface area contributed by atoms with Crippen molar-refractivity contribution in [2.24, 2.45) is 0 Å². The SMILES string of the molecule is O=S(=O)(NCCCCN(Cc1nc2ccccc2[nH]1)C1CCCc2cccnc21)c1ccccn1. The second-order valence-electron chi connectivity index (χ2n) is 8.90. The zero-order chi connectivity index (χ0) is 24.1. The topological polar surface area (TPSA) is 104 Å². The van der Waals surface area contributed by atoms with Gasteiger partial charge >= 0.3 is 0 Å². The molecule has 0 saturated heterocycles. The molecule has 5 rings (SSSR count). The van der Waals surface area contributed by atoms with Gasteiger partial charge in [-0.3, -0.25) is 9.88 Å². The summed E-state index contributed by atoms with van der Waals surface area (Å²) in [6.45, 7) is 1.88. The van der Waals surface area contributed by atoms with Crippen LogP contribution in [0.15, 0.2) is 72.0 Å². The molecule has 0 aliphatic heterocycles. The van der Waals surface area contributed by atoms with Gasteiger partial charge in [-0.1, -0.05) is 24.3 Å². The van der Waals surface area contributed by atoms with Gasteiger partial charge in [-0.15, -0.1) is 0 Å². The van der Waals surface area contributed by atoms with Crippen LogP contribution in [0.1, 0.15) is 48.8 Å². The lowest BCUT2D eigenvalue weighted by atomic mass is 9.90. The first kappa shape index (κ1) is 23.6. The molecule has 1 unspecified atom stereocenters. The van der Waals surface area contributed by atoms with Crippen molar-refractivity contribution in [3.05, 3.63) is 84.1 Å². The van der Waals surface area contributed by atoms with Gasteiger partial charge in [0.2, 0.25) is 0 Å². The number of hydrogen-bond donors (Lipinski definition) is 2. The molecule has 0 saturated carbocycles. The number of H-pyrrole nitrogens is 1. The minimum atomic E-state index is -3.58. The number of aryl methyl sites for hydroxylation is 1. The molecule has 0 spiro atoms. The molecule has 182 valence electrons. The number of rotatable bonds is 10. The van der Waals surface area contributed by atoms with Gasteiger partial charge in [0.15, 0.2) is 5.03 Å². The van der Waals surface area contributed by atoms with E-state index in [1.165, 1.54) is 17.8 Å². The third-order valence-electron chi connectivity index (χ3n) is 6.47. The number of imidazole rings is 1. The van der Waals surface area contributed by atoms with Crippen molar-refractivity contribution in [1.29, 1.82) is 0 Å². The standard InChI is InChI=1S/C26H30N6O2S/c33-35(34,25-14-3-4-15-27-25)29-17-5-6-18-32(19-24-30-21-11-1-2-12-22(21)31-24)23-13-7-9-20-10-8-16-28-26(20)23/h1-4,8,10-12,14-16,23,29H,5-7,9,13,17-19H2,(H,30,31). The summed E-state index contributed by atoms with van der Waals surface area (Å²) < 4.78 is 27.5. The van der Waals surface area contributed by atoms with Crippen LogP contribution in [0.3, 0.4) is 0 Å². The molecule has 0 amide bonds. The van der Waals surface area contributed by atoms with E-state index in [1.807, 2.05) is 36.5 Å². The number of aromatic nitrogens is 4. The zero-order valence-corrected chi connectivity index (χ0v) is 20.4. The summed E-state index contributed by atoms with van der Waals surface area (Å²) >= 11 is 0. The lowest BCUT2D eigenvalue weighted by molar-refractivity contribution is 0.159. The molecule has 4 aromatic rings. The summed E-state index contributed by atoms with van der Waals surface area (Å²) in [6.07, 6.45) is 8.19. The van der Waals surface area contributed by atoms with Crippen LogP contribution in [0.4, 0.5) is 0 Å². The number of benzene rings is 1. The fourth-order valence-corrected chi connectivity index (χ4v) is 5.80. The summed E-state index contributed by atoms with van der Waals surface area (Å²) in [4.78, 5) is 19.4. The van der Waals surface area contributed by atoms with Gasteiger partial charge in [-0.05, 0) is 74.5 Å². The average Bonchev–Trinajstić information content (AvgIpc) is 3.30. The van der Waals surface area contributed by atoms with E-state index in [9.17, 15) is 8.42 Å². The lowest BCUT2D eigenvalue weighted by Crippen LogP contribution is -2.33. The second kappa shape index (κ2) is 10.6. The van der Waals surface area contributed by atoms with Gasteiger partial charge in [-0.25, -0.2) is 23.1 Å². The lowest BCUT2D eigenvalue weighted by Gasteiger charge is -2.34. The molecule has 2 N–H and O–H groups in total. The quantitative estimate of drug-likeness (QED) is 0.326. The Hall–Kier alpha value is -3.14. The van der Waals surface area contributed by atoms with Crippen LogP contribution in [-0.4, -0.2) is 46.3 Å². The van der Waals surface area contributed by atoms with E-state index in [1.54, 1.807) is 12.1 Å². The average molecular weight is 491 g/mol. The fourth-order valence-electron chi connectivity index (χ4n) is 4.78. The molecule has 3 heterocycles. The van der Waals surface area contributed by atoms with Gasteiger partial charge in [0.1, 0.15) is 5.82 Å². The number of sulfonamides is 1. The molecule has 1 aliphatic carbocycles. The highest BCUT2D eigenvalue weighted by Gasteiger charge is 2.27. The van der Waals surface area contributed by atoms with Crippen molar-refractivity contribution < 1.29 is 8.42 Å². The van der Waals surface area contributed by atoms with Crippen molar-refractivity contribution in [2.45, 2.75) is 49.7 Å². The molecule has 35 heavy (non-hydrogen) atoms. The molecule has 0 radical (unpaired) electrons. The minimum absolute atomic E-state index is 0.0522. The zero-order valence-electron chi connectivity index (χ0n) is 19.6. The first-order valence-corrected chi connectivity index (χ1v) is 13.6. The monoisotopic (exact) mass is 490 g/mol. The number of nitrogens with zero attached hydrogens (tertiary/aromatic N) is 4. The van der Waals surface area contributed by atoms with Gasteiger partial charge in [0.05, 0.1) is 29.3 Å². The normalized spacial score (nSPS) is 16.0. The van der Waals surface area contributed by atoms with E-state index in [-0.39, 0.29) is 11.1 Å². The Morgan fingerprint density at radius 2 is 1.86 bits per heavy atom. The van der Waals surface area contributed by atoms with Crippen LogP contribution in [0.5, 0.6) is 0 Å². The first-order valence-electron chi connectivity index (χ1n) is 12.1. The summed E-state index contributed by atoms with van der Waals surface area (Å²) in [5, 5.41) is 0.0522. The van der Waals surface area contributed by atoms with E-state index in [0.29, 0.717) is 13.1 Å². The Kier molecular flexibility index (Phi) is 7.17. The van der Waals surface area contributed by atoms with Crippen LogP contribution < -0.4 is 4.72 Å². The Morgan fingerprint density at radius 1 is 1.00 bits per heavy atom. The molecule has 9 heteroatoms. The van der Waals surface area contributed by atoms with Crippen molar-refractivity contribution in [3.63, 3.8) is 0 Å². The summed E-state index contributed by atoms with van der Waals surface area (Å²) in [6, 6.07) is 17.4. The Morgan fingerprint density at radius 3 is 2.71 bits per heavy atom. The van der Waals surface area contributed by atoms with Crippen LogP contribution in [0.2, 0.25) is 0 Å². The molecule has 1 aliphatic rings. The van der Waals surface area contributed by atoms with Crippen molar-refractivity contribution in [3.8, 4) is 0 Å². The predicted octanol–water partition coefficient (Wildman–Crippen LogP) is 3.99. The predicted molar refractivity (Wildman–Crippen MR) is 135 cm³/mol. The number of nitrogens with one attached hydrogen (secondary N) is 2. The molecular formula is C26H30N6O2S. The second-order valence-corrected chi connectivity index (χ2v) is 10.6. The Labute approximate surface area is 205 Å². The Balaban J connectivity index is 1.27. The maximum absolute atomic E-state index is 12.4. The van der Waals surface area contributed by atoms with Crippen LogP contribution in [0, 0.1) is 0 Å². The summed E-state index contributed by atoms with van der Waals surface area (Å²) in [5.74, 6) is 0.935. The highest BCUT2D eigenvalue weighted by molar-refractivity contribution is 7.89. The summed E-state index contributed by atoms with van der Waals surface area (Å²) in [5.41, 5.74) is 4.48. The van der Waals surface area contributed by atoms with Crippen molar-refractivity contribution in [1.82, 2.24) is 29.6 Å². The third kappa shape index (κ3) is 5.58. The van der Waals surface area contributed by atoms with Crippen LogP contribution >= 0.6 is 0 Å². The molecule has 1 aromatic carbocycles. The number of aromatic amines is 1. The molecule has 0 fully saturated rings. The molecule has 3 aromatic heterocycles. The molecule has 1 atom stereocenters. The fraction of sp³-hybridized carbons (Fsp3) is 0.346. The molecule has 8 nitrogen and oxygen atoms in total. The largest absolute Gasteiger partial charge is 0.341 e. The smallest absolute Gasteiger partial charge is 0.258 e. The van der Waals surface area contributed by atoms with Gasteiger partial charge in [0, 0.05) is 18.9 Å². The van der Waals surface area contributed by atoms with Crippen molar-refractivity contribution >= 4 is 21.1 Å². The highest BCUT2D eigenvalue weighted by Crippen LogP contribution is 2.33. The van der Waals surface area contributed by atoms with Crippen LogP contribution in [-0.2, 0) is 23.0 Å². The van der Waals surface area contributed by atoms with E-state index < -0.39 is 10.0 Å². The van der Waals surface area contributed by atoms with Gasteiger partial charge in [0.25, 0.3) is 10.0 Å². The minimum Gasteiger partial charge on any atom is -0.341 e. The molecule has 0 bridgehead atoms. The summed E-state index contributed by atoms with van der Waals surface area (Å²) in [7, 11) is -3.58. The number of hydrogen-bond acceptors (Lipinski definition) is 6. The van der Waals surface area contributed by atoms with E-state index in [0.717, 1.165) is 61.2 Å².